The standard InChI is InChI=1S/C18H26N2.ClH/c1-16-7-15-8-17(2,11-16)13-18(9-15,12-16)20-10-14-3-5-19-6-4-14;/h3-6,15,20H,7-13H2,1-2H3;1H. The van der Waals surface area contributed by atoms with Crippen molar-refractivity contribution >= 4 is 12.4 Å². The molecule has 1 heterocycles. The lowest BCUT2D eigenvalue weighted by molar-refractivity contribution is -0.118. The molecule has 0 spiro atoms. The van der Waals surface area contributed by atoms with Crippen LogP contribution in [0, 0.1) is 16.7 Å². The van der Waals surface area contributed by atoms with E-state index >= 15 is 0 Å². The highest BCUT2D eigenvalue weighted by Gasteiger charge is 2.59. The number of rotatable bonds is 3. The van der Waals surface area contributed by atoms with E-state index in [0.29, 0.717) is 16.4 Å². The molecular formula is C18H27ClN2. The maximum absolute atomic E-state index is 4.11. The number of pyridine rings is 1. The molecule has 0 radical (unpaired) electrons. The Hall–Kier alpha value is -0.600. The molecule has 116 valence electrons. The largest absolute Gasteiger partial charge is 0.307 e. The van der Waals surface area contributed by atoms with Gasteiger partial charge in [-0.3, -0.25) is 4.98 Å². The Bertz CT molecular complexity index is 497. The van der Waals surface area contributed by atoms with Gasteiger partial charge in [-0.05, 0) is 73.0 Å². The number of aromatic nitrogens is 1. The van der Waals surface area contributed by atoms with Crippen molar-refractivity contribution in [2.24, 2.45) is 16.7 Å². The second-order valence-corrected chi connectivity index (χ2v) is 8.62. The fraction of sp³-hybridized carbons (Fsp3) is 0.722. The predicted molar refractivity (Wildman–Crippen MR) is 88.5 cm³/mol. The van der Waals surface area contributed by atoms with Gasteiger partial charge in [0.2, 0.25) is 0 Å². The molecule has 0 amide bonds. The Morgan fingerprint density at radius 1 is 1.05 bits per heavy atom. The highest BCUT2D eigenvalue weighted by Crippen LogP contribution is 2.66. The maximum Gasteiger partial charge on any atom is 0.0271 e. The minimum absolute atomic E-state index is 0. The van der Waals surface area contributed by atoms with E-state index < -0.39 is 0 Å². The molecule has 2 unspecified atom stereocenters. The van der Waals surface area contributed by atoms with Crippen LogP contribution in [0.1, 0.15) is 57.9 Å². The summed E-state index contributed by atoms with van der Waals surface area (Å²) in [7, 11) is 0. The molecule has 1 aromatic heterocycles. The summed E-state index contributed by atoms with van der Waals surface area (Å²) in [5, 5.41) is 3.97. The summed E-state index contributed by atoms with van der Waals surface area (Å²) in [6, 6.07) is 4.27. The summed E-state index contributed by atoms with van der Waals surface area (Å²) in [6.45, 7) is 6.08. The van der Waals surface area contributed by atoms with Gasteiger partial charge < -0.3 is 5.32 Å². The zero-order chi connectivity index (χ0) is 13.8. The van der Waals surface area contributed by atoms with Gasteiger partial charge in [0, 0.05) is 24.5 Å². The molecule has 0 saturated heterocycles. The monoisotopic (exact) mass is 306 g/mol. The van der Waals surface area contributed by atoms with Crippen LogP contribution in [0.3, 0.4) is 0 Å². The van der Waals surface area contributed by atoms with Crippen LogP contribution < -0.4 is 5.32 Å². The number of hydrogen-bond acceptors (Lipinski definition) is 2. The maximum atomic E-state index is 4.11. The van der Waals surface area contributed by atoms with Gasteiger partial charge in [-0.2, -0.15) is 0 Å². The van der Waals surface area contributed by atoms with Crippen molar-refractivity contribution in [3.05, 3.63) is 30.1 Å². The van der Waals surface area contributed by atoms with Crippen LogP contribution in [0.5, 0.6) is 0 Å². The molecule has 21 heavy (non-hydrogen) atoms. The molecule has 4 aliphatic carbocycles. The zero-order valence-electron chi connectivity index (χ0n) is 13.2. The average molecular weight is 307 g/mol. The minimum atomic E-state index is 0. The topological polar surface area (TPSA) is 24.9 Å². The van der Waals surface area contributed by atoms with Crippen molar-refractivity contribution in [3.63, 3.8) is 0 Å². The van der Waals surface area contributed by atoms with Gasteiger partial charge in [0.25, 0.3) is 0 Å². The van der Waals surface area contributed by atoms with Crippen LogP contribution in [-0.4, -0.2) is 10.5 Å². The normalized spacial score (nSPS) is 43.6. The Morgan fingerprint density at radius 3 is 2.24 bits per heavy atom. The zero-order valence-corrected chi connectivity index (χ0v) is 14.0. The molecule has 4 aliphatic rings. The van der Waals surface area contributed by atoms with Gasteiger partial charge >= 0.3 is 0 Å². The summed E-state index contributed by atoms with van der Waals surface area (Å²) in [5.74, 6) is 0.964. The summed E-state index contributed by atoms with van der Waals surface area (Å²) in [5.41, 5.74) is 2.97. The van der Waals surface area contributed by atoms with Crippen molar-refractivity contribution in [1.82, 2.24) is 10.3 Å². The number of halogens is 1. The number of nitrogens with one attached hydrogen (secondary N) is 1. The van der Waals surface area contributed by atoms with E-state index in [2.05, 4.69) is 36.3 Å². The van der Waals surface area contributed by atoms with Crippen molar-refractivity contribution in [2.45, 2.75) is 64.5 Å². The van der Waals surface area contributed by atoms with E-state index in [0.717, 1.165) is 12.5 Å². The third-order valence-corrected chi connectivity index (χ3v) is 6.04. The fourth-order valence-corrected chi connectivity index (χ4v) is 6.44. The van der Waals surface area contributed by atoms with E-state index in [4.69, 9.17) is 0 Å². The third-order valence-electron chi connectivity index (χ3n) is 6.04. The summed E-state index contributed by atoms with van der Waals surface area (Å²) in [4.78, 5) is 4.11. The van der Waals surface area contributed by atoms with Crippen molar-refractivity contribution in [1.29, 1.82) is 0 Å². The Labute approximate surface area is 134 Å². The quantitative estimate of drug-likeness (QED) is 0.898. The Kier molecular flexibility index (Phi) is 3.61. The molecule has 4 fully saturated rings. The highest BCUT2D eigenvalue weighted by atomic mass is 35.5. The van der Waals surface area contributed by atoms with Crippen LogP contribution in [0.4, 0.5) is 0 Å². The molecular weight excluding hydrogens is 280 g/mol. The molecule has 4 bridgehead atoms. The van der Waals surface area contributed by atoms with Gasteiger partial charge in [0.15, 0.2) is 0 Å². The predicted octanol–water partition coefficient (Wildman–Crippen LogP) is 4.34. The number of nitrogens with zero attached hydrogens (tertiary/aromatic N) is 1. The van der Waals surface area contributed by atoms with Gasteiger partial charge in [0.05, 0.1) is 0 Å². The van der Waals surface area contributed by atoms with Crippen LogP contribution in [0.25, 0.3) is 0 Å². The molecule has 5 rings (SSSR count). The smallest absolute Gasteiger partial charge is 0.0271 e. The first-order valence-corrected chi connectivity index (χ1v) is 8.12. The van der Waals surface area contributed by atoms with Gasteiger partial charge in [0.1, 0.15) is 0 Å². The molecule has 0 aliphatic heterocycles. The molecule has 2 nitrogen and oxygen atoms in total. The summed E-state index contributed by atoms with van der Waals surface area (Å²) in [6.07, 6.45) is 12.4. The van der Waals surface area contributed by atoms with E-state index in [1.54, 1.807) is 0 Å². The molecule has 4 saturated carbocycles. The minimum Gasteiger partial charge on any atom is -0.307 e. The first kappa shape index (κ1) is 15.3. The molecule has 3 heteroatoms. The van der Waals surface area contributed by atoms with Crippen LogP contribution in [-0.2, 0) is 6.54 Å². The lowest BCUT2D eigenvalue weighted by Gasteiger charge is -2.65. The van der Waals surface area contributed by atoms with Crippen LogP contribution >= 0.6 is 12.4 Å². The SMILES string of the molecule is CC12CC3CC(C)(C1)CC(NCc1ccncc1)(C3)C2.Cl. The van der Waals surface area contributed by atoms with E-state index in [-0.39, 0.29) is 12.4 Å². The van der Waals surface area contributed by atoms with Crippen molar-refractivity contribution in [3.8, 4) is 0 Å². The average Bonchev–Trinajstić information content (AvgIpc) is 2.33. The second kappa shape index (κ2) is 4.96. The first-order valence-electron chi connectivity index (χ1n) is 8.12. The lowest BCUT2D eigenvalue weighted by atomic mass is 9.43. The fourth-order valence-electron chi connectivity index (χ4n) is 6.44. The third kappa shape index (κ3) is 2.73. The molecule has 1 aromatic rings. The highest BCUT2D eigenvalue weighted by molar-refractivity contribution is 5.85. The van der Waals surface area contributed by atoms with Crippen LogP contribution in [0.2, 0.25) is 0 Å². The molecule has 0 aromatic carbocycles. The van der Waals surface area contributed by atoms with Crippen molar-refractivity contribution < 1.29 is 0 Å². The molecule has 1 N–H and O–H groups in total. The van der Waals surface area contributed by atoms with Gasteiger partial charge in [-0.15, -0.1) is 12.4 Å². The number of hydrogen-bond donors (Lipinski definition) is 1. The Morgan fingerprint density at radius 2 is 1.67 bits per heavy atom. The van der Waals surface area contributed by atoms with E-state index in [9.17, 15) is 0 Å². The lowest BCUT2D eigenvalue weighted by Crippen LogP contribution is -2.63. The van der Waals surface area contributed by atoms with Crippen molar-refractivity contribution in [2.75, 3.05) is 0 Å². The Balaban J connectivity index is 0.00000132. The summed E-state index contributed by atoms with van der Waals surface area (Å²) < 4.78 is 0. The van der Waals surface area contributed by atoms with Gasteiger partial charge in [-0.25, -0.2) is 0 Å². The van der Waals surface area contributed by atoms with E-state index in [1.165, 1.54) is 44.1 Å². The second-order valence-electron chi connectivity index (χ2n) is 8.62. The van der Waals surface area contributed by atoms with Crippen LogP contribution in [0.15, 0.2) is 24.5 Å². The van der Waals surface area contributed by atoms with Gasteiger partial charge in [-0.1, -0.05) is 13.8 Å². The summed E-state index contributed by atoms with van der Waals surface area (Å²) >= 11 is 0. The first-order chi connectivity index (χ1) is 9.49. The van der Waals surface area contributed by atoms with E-state index in [1.807, 2.05) is 12.4 Å². The molecule has 2 atom stereocenters.